The van der Waals surface area contributed by atoms with Gasteiger partial charge in [0.2, 0.25) is 0 Å². The Morgan fingerprint density at radius 1 is 1.33 bits per heavy atom. The molecule has 0 saturated carbocycles. The Morgan fingerprint density at radius 3 is 2.71 bits per heavy atom. The van der Waals surface area contributed by atoms with Crippen molar-refractivity contribution in [2.24, 2.45) is 10.9 Å². The van der Waals surface area contributed by atoms with E-state index in [2.05, 4.69) is 15.1 Å². The van der Waals surface area contributed by atoms with Crippen LogP contribution in [0.1, 0.15) is 11.1 Å². The minimum absolute atomic E-state index is 0.0359. The van der Waals surface area contributed by atoms with Crippen molar-refractivity contribution in [3.63, 3.8) is 0 Å². The topological polar surface area (TPSA) is 87.6 Å². The Balaban J connectivity index is 2.14. The molecule has 6 nitrogen and oxygen atoms in total. The highest BCUT2D eigenvalue weighted by molar-refractivity contribution is 6.36. The summed E-state index contributed by atoms with van der Waals surface area (Å²) < 4.78 is 0. The number of rotatable bonds is 5. The number of aromatic nitrogens is 2. The molecule has 0 radical (unpaired) electrons. The van der Waals surface area contributed by atoms with Crippen LogP contribution < -0.4 is 10.6 Å². The summed E-state index contributed by atoms with van der Waals surface area (Å²) in [6, 6.07) is 5.54. The molecule has 0 amide bonds. The van der Waals surface area contributed by atoms with Crippen molar-refractivity contribution in [3.05, 3.63) is 52.9 Å². The van der Waals surface area contributed by atoms with Crippen molar-refractivity contribution in [2.75, 3.05) is 18.5 Å². The van der Waals surface area contributed by atoms with E-state index in [9.17, 15) is 0 Å². The number of likely N-dealkylation sites (N-methyl/N-ethyl adjacent to an activating group) is 1. The molecule has 21 heavy (non-hydrogen) atoms. The van der Waals surface area contributed by atoms with Crippen molar-refractivity contribution in [1.82, 2.24) is 9.97 Å². The lowest BCUT2D eigenvalue weighted by atomic mass is 10.2. The first-order valence-corrected chi connectivity index (χ1v) is 6.73. The van der Waals surface area contributed by atoms with Crippen LogP contribution in [-0.2, 0) is 6.42 Å². The first kappa shape index (κ1) is 15.1. The van der Waals surface area contributed by atoms with Gasteiger partial charge in [-0.2, -0.15) is 0 Å². The zero-order chi connectivity index (χ0) is 15.2. The Hall–Kier alpha value is -2.34. The van der Waals surface area contributed by atoms with Crippen LogP contribution in [0.15, 0.2) is 41.9 Å². The molecule has 0 aliphatic rings. The molecule has 0 fully saturated rings. The zero-order valence-corrected chi connectivity index (χ0v) is 12.3. The maximum Gasteiger partial charge on any atom is 0.171 e. The maximum atomic E-state index is 8.76. The predicted molar refractivity (Wildman–Crippen MR) is 83.0 cm³/mol. The summed E-state index contributed by atoms with van der Waals surface area (Å²) in [6.45, 7) is 0.732. The number of anilines is 1. The molecular weight excluding hydrogens is 290 g/mol. The van der Waals surface area contributed by atoms with Gasteiger partial charge in [-0.25, -0.2) is 4.98 Å². The fraction of sp³-hybridized carbons (Fsp3) is 0.214. The number of oxime groups is 1. The second-order valence-corrected chi connectivity index (χ2v) is 4.89. The molecule has 0 atom stereocenters. The van der Waals surface area contributed by atoms with Crippen molar-refractivity contribution in [3.8, 4) is 0 Å². The van der Waals surface area contributed by atoms with E-state index in [4.69, 9.17) is 22.5 Å². The van der Waals surface area contributed by atoms with Crippen molar-refractivity contribution in [2.45, 2.75) is 6.42 Å². The first-order valence-electron chi connectivity index (χ1n) is 6.36. The molecule has 7 heteroatoms. The van der Waals surface area contributed by atoms with Crippen molar-refractivity contribution in [1.29, 1.82) is 0 Å². The summed E-state index contributed by atoms with van der Waals surface area (Å²) in [5.74, 6) is 0.556. The number of halogens is 1. The Labute approximate surface area is 127 Å². The minimum Gasteiger partial charge on any atom is -0.409 e. The number of amidine groups is 1. The SMILES string of the molecule is CN(CCc1ccncc1)c1nccc(/C(N)=N/O)c1Cl. The van der Waals surface area contributed by atoms with E-state index in [0.29, 0.717) is 16.4 Å². The quantitative estimate of drug-likeness (QED) is 0.381. The smallest absolute Gasteiger partial charge is 0.171 e. The molecule has 0 aliphatic carbocycles. The van der Waals surface area contributed by atoms with E-state index in [-0.39, 0.29) is 5.84 Å². The van der Waals surface area contributed by atoms with Gasteiger partial charge in [0.1, 0.15) is 5.82 Å². The van der Waals surface area contributed by atoms with Gasteiger partial charge in [0.05, 0.1) is 5.02 Å². The molecule has 0 bridgehead atoms. The Bertz CT molecular complexity index is 633. The van der Waals surface area contributed by atoms with Crippen LogP contribution in [0.5, 0.6) is 0 Å². The van der Waals surface area contributed by atoms with Crippen LogP contribution in [0.3, 0.4) is 0 Å². The molecular formula is C14H16ClN5O. The van der Waals surface area contributed by atoms with Crippen molar-refractivity contribution >= 4 is 23.3 Å². The third kappa shape index (κ3) is 3.61. The van der Waals surface area contributed by atoms with Crippen LogP contribution in [0.25, 0.3) is 0 Å². The van der Waals surface area contributed by atoms with Gasteiger partial charge in [0, 0.05) is 37.7 Å². The second kappa shape index (κ2) is 6.90. The fourth-order valence-electron chi connectivity index (χ4n) is 1.90. The van der Waals surface area contributed by atoms with Crippen molar-refractivity contribution < 1.29 is 5.21 Å². The van der Waals surface area contributed by atoms with Crippen LogP contribution >= 0.6 is 11.6 Å². The van der Waals surface area contributed by atoms with Crippen LogP contribution in [0.2, 0.25) is 5.02 Å². The summed E-state index contributed by atoms with van der Waals surface area (Å²) in [6.07, 6.45) is 5.95. The van der Waals surface area contributed by atoms with E-state index in [1.807, 2.05) is 24.1 Å². The number of nitrogens with two attached hydrogens (primary N) is 1. The summed E-state index contributed by atoms with van der Waals surface area (Å²) >= 11 is 6.27. The Kier molecular flexibility index (Phi) is 4.94. The number of pyridine rings is 2. The molecule has 0 unspecified atom stereocenters. The summed E-state index contributed by atoms with van der Waals surface area (Å²) in [5, 5.41) is 12.1. The van der Waals surface area contributed by atoms with E-state index in [1.54, 1.807) is 24.7 Å². The summed E-state index contributed by atoms with van der Waals surface area (Å²) in [7, 11) is 1.89. The first-order chi connectivity index (χ1) is 10.1. The molecule has 0 aliphatic heterocycles. The lowest BCUT2D eigenvalue weighted by Crippen LogP contribution is -2.23. The van der Waals surface area contributed by atoms with Gasteiger partial charge in [0.25, 0.3) is 0 Å². The summed E-state index contributed by atoms with van der Waals surface area (Å²) in [4.78, 5) is 10.2. The molecule has 110 valence electrons. The molecule has 2 aromatic rings. The van der Waals surface area contributed by atoms with E-state index in [1.165, 1.54) is 5.56 Å². The average molecular weight is 306 g/mol. The lowest BCUT2D eigenvalue weighted by Gasteiger charge is -2.20. The van der Waals surface area contributed by atoms with Gasteiger partial charge in [-0.3, -0.25) is 4.98 Å². The van der Waals surface area contributed by atoms with Gasteiger partial charge < -0.3 is 15.8 Å². The van der Waals surface area contributed by atoms with Crippen LogP contribution in [0, 0.1) is 0 Å². The molecule has 0 spiro atoms. The van der Waals surface area contributed by atoms with E-state index in [0.717, 1.165) is 13.0 Å². The molecule has 0 aromatic carbocycles. The monoisotopic (exact) mass is 305 g/mol. The zero-order valence-electron chi connectivity index (χ0n) is 11.6. The highest BCUT2D eigenvalue weighted by atomic mass is 35.5. The largest absolute Gasteiger partial charge is 0.409 e. The second-order valence-electron chi connectivity index (χ2n) is 4.51. The van der Waals surface area contributed by atoms with E-state index >= 15 is 0 Å². The van der Waals surface area contributed by atoms with Gasteiger partial charge in [-0.15, -0.1) is 0 Å². The minimum atomic E-state index is -0.0359. The average Bonchev–Trinajstić information content (AvgIpc) is 2.53. The third-order valence-corrected chi connectivity index (χ3v) is 3.47. The Morgan fingerprint density at radius 2 is 2.05 bits per heavy atom. The van der Waals surface area contributed by atoms with Crippen LogP contribution in [-0.4, -0.2) is 34.6 Å². The molecule has 2 heterocycles. The third-order valence-electron chi connectivity index (χ3n) is 3.10. The highest BCUT2D eigenvalue weighted by Crippen LogP contribution is 2.26. The van der Waals surface area contributed by atoms with Gasteiger partial charge in [0.15, 0.2) is 5.84 Å². The number of nitrogens with zero attached hydrogens (tertiary/aromatic N) is 4. The van der Waals surface area contributed by atoms with Crippen LogP contribution in [0.4, 0.5) is 5.82 Å². The van der Waals surface area contributed by atoms with E-state index < -0.39 is 0 Å². The molecule has 0 saturated heterocycles. The lowest BCUT2D eigenvalue weighted by molar-refractivity contribution is 0.318. The summed E-state index contributed by atoms with van der Waals surface area (Å²) in [5.41, 5.74) is 7.23. The van der Waals surface area contributed by atoms with Gasteiger partial charge >= 0.3 is 0 Å². The molecule has 2 aromatic heterocycles. The highest BCUT2D eigenvalue weighted by Gasteiger charge is 2.14. The maximum absolute atomic E-state index is 8.76. The van der Waals surface area contributed by atoms with Gasteiger partial charge in [-0.1, -0.05) is 16.8 Å². The fourth-order valence-corrected chi connectivity index (χ4v) is 2.26. The standard InChI is InChI=1S/C14H16ClN5O/c1-20(9-5-10-2-6-17-7-3-10)14-12(15)11(4-8-18-14)13(16)19-21/h2-4,6-8,21H,5,9H2,1H3,(H2,16,19). The molecule has 2 rings (SSSR count). The molecule has 3 N–H and O–H groups in total. The normalized spacial score (nSPS) is 11.4. The number of hydrogen-bond donors (Lipinski definition) is 2. The number of hydrogen-bond acceptors (Lipinski definition) is 5. The van der Waals surface area contributed by atoms with Gasteiger partial charge in [-0.05, 0) is 30.2 Å². The predicted octanol–water partition coefficient (Wildman–Crippen LogP) is 1.90.